The number of carbonyl (C=O) groups is 1. The van der Waals surface area contributed by atoms with Gasteiger partial charge in [-0.05, 0) is 37.1 Å². The number of methoxy groups -OCH3 is 2. The standard InChI is InChI=1S/C21H24F3NO4/c1-14(13-29-17-9-5-4-8-16(17)21(22,23)24)25-19(26)12-11-15-7-6-10-18(27-2)20(15)28-3/h4-10,14H,11-13H2,1-3H3,(H,25,26). The summed E-state index contributed by atoms with van der Waals surface area (Å²) in [7, 11) is 3.06. The zero-order valence-corrected chi connectivity index (χ0v) is 16.5. The van der Waals surface area contributed by atoms with E-state index in [1.165, 1.54) is 32.4 Å². The molecule has 1 atom stereocenters. The lowest BCUT2D eigenvalue weighted by Gasteiger charge is -2.18. The lowest BCUT2D eigenvalue weighted by Crippen LogP contribution is -2.37. The fourth-order valence-electron chi connectivity index (χ4n) is 2.83. The molecule has 2 rings (SSSR count). The molecule has 0 radical (unpaired) electrons. The first-order chi connectivity index (χ1) is 13.8. The van der Waals surface area contributed by atoms with Crippen LogP contribution >= 0.6 is 0 Å². The van der Waals surface area contributed by atoms with Crippen LogP contribution in [0, 0.1) is 0 Å². The molecule has 0 saturated heterocycles. The van der Waals surface area contributed by atoms with Gasteiger partial charge in [-0.3, -0.25) is 4.79 Å². The molecule has 1 unspecified atom stereocenters. The average Bonchev–Trinajstić information content (AvgIpc) is 2.69. The molecule has 2 aromatic rings. The van der Waals surface area contributed by atoms with Crippen LogP contribution < -0.4 is 19.5 Å². The molecule has 2 aromatic carbocycles. The van der Waals surface area contributed by atoms with Crippen LogP contribution in [0.1, 0.15) is 24.5 Å². The minimum atomic E-state index is -4.50. The summed E-state index contributed by atoms with van der Waals surface area (Å²) in [5, 5.41) is 2.73. The fourth-order valence-corrected chi connectivity index (χ4v) is 2.83. The predicted octanol–water partition coefficient (Wildman–Crippen LogP) is 4.24. The van der Waals surface area contributed by atoms with Crippen molar-refractivity contribution >= 4 is 5.91 Å². The van der Waals surface area contributed by atoms with Crippen molar-refractivity contribution in [2.24, 2.45) is 0 Å². The van der Waals surface area contributed by atoms with Gasteiger partial charge in [0.05, 0.1) is 25.8 Å². The maximum absolute atomic E-state index is 13.0. The average molecular weight is 411 g/mol. The summed E-state index contributed by atoms with van der Waals surface area (Å²) in [4.78, 5) is 12.2. The van der Waals surface area contributed by atoms with Crippen LogP contribution in [0.15, 0.2) is 42.5 Å². The van der Waals surface area contributed by atoms with Gasteiger partial charge in [0, 0.05) is 6.42 Å². The van der Waals surface area contributed by atoms with Crippen molar-refractivity contribution in [2.75, 3.05) is 20.8 Å². The Balaban J connectivity index is 1.88. The smallest absolute Gasteiger partial charge is 0.419 e. The molecule has 0 aliphatic heterocycles. The van der Waals surface area contributed by atoms with E-state index in [4.69, 9.17) is 14.2 Å². The van der Waals surface area contributed by atoms with Gasteiger partial charge >= 0.3 is 6.18 Å². The summed E-state index contributed by atoms with van der Waals surface area (Å²) >= 11 is 0. The van der Waals surface area contributed by atoms with Crippen LogP contribution in [-0.2, 0) is 17.4 Å². The summed E-state index contributed by atoms with van der Waals surface area (Å²) in [5.74, 6) is 0.649. The monoisotopic (exact) mass is 411 g/mol. The van der Waals surface area contributed by atoms with Gasteiger partial charge in [0.1, 0.15) is 12.4 Å². The highest BCUT2D eigenvalue weighted by Crippen LogP contribution is 2.36. The van der Waals surface area contributed by atoms with Gasteiger partial charge in [0.2, 0.25) is 5.91 Å². The Morgan fingerprint density at radius 1 is 1.03 bits per heavy atom. The van der Waals surface area contributed by atoms with Gasteiger partial charge in [-0.25, -0.2) is 0 Å². The van der Waals surface area contributed by atoms with E-state index in [0.717, 1.165) is 11.6 Å². The number of amides is 1. The van der Waals surface area contributed by atoms with E-state index in [0.29, 0.717) is 17.9 Å². The second-order valence-electron chi connectivity index (χ2n) is 6.43. The van der Waals surface area contributed by atoms with E-state index in [1.807, 2.05) is 12.1 Å². The molecule has 0 aliphatic rings. The lowest BCUT2D eigenvalue weighted by molar-refractivity contribution is -0.139. The molecule has 0 aliphatic carbocycles. The van der Waals surface area contributed by atoms with Crippen LogP contribution in [0.4, 0.5) is 13.2 Å². The van der Waals surface area contributed by atoms with Crippen molar-refractivity contribution < 1.29 is 32.2 Å². The van der Waals surface area contributed by atoms with Gasteiger partial charge in [0.15, 0.2) is 11.5 Å². The second-order valence-corrected chi connectivity index (χ2v) is 6.43. The highest BCUT2D eigenvalue weighted by atomic mass is 19.4. The van der Waals surface area contributed by atoms with Crippen molar-refractivity contribution in [3.05, 3.63) is 53.6 Å². The molecular formula is C21H24F3NO4. The largest absolute Gasteiger partial charge is 0.493 e. The Bertz CT molecular complexity index is 824. The van der Waals surface area contributed by atoms with Crippen molar-refractivity contribution in [3.63, 3.8) is 0 Å². The van der Waals surface area contributed by atoms with E-state index in [-0.39, 0.29) is 24.7 Å². The molecule has 29 heavy (non-hydrogen) atoms. The summed E-state index contributed by atoms with van der Waals surface area (Å²) in [6, 6.07) is 9.94. The molecule has 1 N–H and O–H groups in total. The third-order valence-corrected chi connectivity index (χ3v) is 4.19. The van der Waals surface area contributed by atoms with Crippen molar-refractivity contribution in [3.8, 4) is 17.2 Å². The van der Waals surface area contributed by atoms with E-state index in [1.54, 1.807) is 13.0 Å². The number of halogens is 3. The van der Waals surface area contributed by atoms with Crippen LogP contribution in [0.2, 0.25) is 0 Å². The van der Waals surface area contributed by atoms with Crippen LogP contribution in [-0.4, -0.2) is 32.8 Å². The number of hydrogen-bond donors (Lipinski definition) is 1. The number of ether oxygens (including phenoxy) is 3. The third-order valence-electron chi connectivity index (χ3n) is 4.19. The molecule has 0 fully saturated rings. The zero-order valence-electron chi connectivity index (χ0n) is 16.5. The minimum absolute atomic E-state index is 0.0820. The van der Waals surface area contributed by atoms with Gasteiger partial charge in [-0.1, -0.05) is 24.3 Å². The molecule has 0 aromatic heterocycles. The Labute approximate surface area is 167 Å². The first-order valence-corrected chi connectivity index (χ1v) is 9.04. The van der Waals surface area contributed by atoms with E-state index >= 15 is 0 Å². The number of alkyl halides is 3. The van der Waals surface area contributed by atoms with Crippen molar-refractivity contribution in [2.45, 2.75) is 32.0 Å². The number of aryl methyl sites for hydroxylation is 1. The molecule has 8 heteroatoms. The summed E-state index contributed by atoms with van der Waals surface area (Å²) < 4.78 is 54.8. The Morgan fingerprint density at radius 2 is 1.72 bits per heavy atom. The van der Waals surface area contributed by atoms with Crippen LogP contribution in [0.25, 0.3) is 0 Å². The maximum atomic E-state index is 13.0. The van der Waals surface area contributed by atoms with Crippen molar-refractivity contribution in [1.82, 2.24) is 5.32 Å². The number of para-hydroxylation sites is 2. The third kappa shape index (κ3) is 6.30. The molecule has 5 nitrogen and oxygen atoms in total. The molecule has 0 bridgehead atoms. The van der Waals surface area contributed by atoms with E-state index in [2.05, 4.69) is 5.32 Å². The predicted molar refractivity (Wildman–Crippen MR) is 102 cm³/mol. The highest BCUT2D eigenvalue weighted by molar-refractivity contribution is 5.76. The van der Waals surface area contributed by atoms with Gasteiger partial charge in [-0.15, -0.1) is 0 Å². The summed E-state index contributed by atoms with van der Waals surface area (Å²) in [6.45, 7) is 1.58. The zero-order chi connectivity index (χ0) is 21.4. The molecule has 0 heterocycles. The SMILES string of the molecule is COc1cccc(CCC(=O)NC(C)COc2ccccc2C(F)(F)F)c1OC. The van der Waals surface area contributed by atoms with Gasteiger partial charge in [0.25, 0.3) is 0 Å². The Kier molecular flexibility index (Phi) is 7.75. The number of nitrogens with one attached hydrogen (secondary N) is 1. The molecule has 0 spiro atoms. The fraction of sp³-hybridized carbons (Fsp3) is 0.381. The topological polar surface area (TPSA) is 56.8 Å². The number of rotatable bonds is 9. The molecular weight excluding hydrogens is 387 g/mol. The lowest BCUT2D eigenvalue weighted by atomic mass is 10.1. The van der Waals surface area contributed by atoms with Gasteiger partial charge in [-0.2, -0.15) is 13.2 Å². The Hall–Kier alpha value is -2.90. The molecule has 1 amide bonds. The quantitative estimate of drug-likeness (QED) is 0.671. The first kappa shape index (κ1) is 22.4. The Morgan fingerprint density at radius 3 is 2.38 bits per heavy atom. The highest BCUT2D eigenvalue weighted by Gasteiger charge is 2.34. The maximum Gasteiger partial charge on any atom is 0.419 e. The number of benzene rings is 2. The number of carbonyl (C=O) groups excluding carboxylic acids is 1. The minimum Gasteiger partial charge on any atom is -0.493 e. The summed E-state index contributed by atoms with van der Waals surface area (Å²) in [5.41, 5.74) is -0.0198. The van der Waals surface area contributed by atoms with E-state index < -0.39 is 17.8 Å². The van der Waals surface area contributed by atoms with E-state index in [9.17, 15) is 18.0 Å². The van der Waals surface area contributed by atoms with Crippen molar-refractivity contribution in [1.29, 1.82) is 0 Å². The second kappa shape index (κ2) is 10.0. The molecule has 158 valence electrons. The first-order valence-electron chi connectivity index (χ1n) is 9.04. The van der Waals surface area contributed by atoms with Gasteiger partial charge < -0.3 is 19.5 Å². The van der Waals surface area contributed by atoms with Crippen LogP contribution in [0.5, 0.6) is 17.2 Å². The van der Waals surface area contributed by atoms with Crippen LogP contribution in [0.3, 0.4) is 0 Å². The normalized spacial score (nSPS) is 12.2. The summed E-state index contributed by atoms with van der Waals surface area (Å²) in [6.07, 6.45) is -3.89. The number of hydrogen-bond acceptors (Lipinski definition) is 4. The molecule has 0 saturated carbocycles.